The Morgan fingerprint density at radius 3 is 2.81 bits per heavy atom. The number of amides is 1. The highest BCUT2D eigenvalue weighted by molar-refractivity contribution is 7.14. The third kappa shape index (κ3) is 3.39. The van der Waals surface area contributed by atoms with Gasteiger partial charge in [0.1, 0.15) is 18.4 Å². The van der Waals surface area contributed by atoms with Crippen molar-refractivity contribution in [1.82, 2.24) is 9.97 Å². The minimum Gasteiger partial charge on any atom is -0.486 e. The van der Waals surface area contributed by atoms with Crippen LogP contribution in [0.2, 0.25) is 0 Å². The molecule has 6 nitrogen and oxygen atoms in total. The van der Waals surface area contributed by atoms with Crippen molar-refractivity contribution < 1.29 is 14.3 Å². The molecule has 0 fully saturated rings. The van der Waals surface area contributed by atoms with E-state index in [9.17, 15) is 4.79 Å². The molecular formula is C19H17N3O3S. The Kier molecular flexibility index (Phi) is 4.53. The number of aromatic nitrogens is 2. The number of rotatable bonds is 4. The zero-order valence-corrected chi connectivity index (χ0v) is 15.0. The molecule has 2 aromatic heterocycles. The van der Waals surface area contributed by atoms with Crippen LogP contribution in [0.3, 0.4) is 0 Å². The summed E-state index contributed by atoms with van der Waals surface area (Å²) in [5, 5.41) is 2.53. The molecule has 3 aromatic rings. The Hall–Kier alpha value is -2.93. The lowest BCUT2D eigenvalue weighted by Crippen LogP contribution is -2.36. The van der Waals surface area contributed by atoms with Crippen molar-refractivity contribution in [3.8, 4) is 22.9 Å². The maximum atomic E-state index is 12.6. The maximum Gasteiger partial charge on any atom is 0.232 e. The number of carbonyl (C=O) groups excluding carboxylic acids is 1. The van der Waals surface area contributed by atoms with Crippen LogP contribution in [0, 0.1) is 0 Å². The minimum absolute atomic E-state index is 0.0695. The van der Waals surface area contributed by atoms with Crippen LogP contribution in [-0.4, -0.2) is 35.6 Å². The maximum absolute atomic E-state index is 12.6. The molecule has 0 saturated carbocycles. The summed E-state index contributed by atoms with van der Waals surface area (Å²) in [6, 6.07) is 13.1. The van der Waals surface area contributed by atoms with Crippen molar-refractivity contribution in [3.05, 3.63) is 54.0 Å². The van der Waals surface area contributed by atoms with E-state index in [1.807, 2.05) is 47.8 Å². The molecule has 0 N–H and O–H groups in total. The summed E-state index contributed by atoms with van der Waals surface area (Å²) in [5.74, 6) is 1.32. The molecule has 3 heterocycles. The summed E-state index contributed by atoms with van der Waals surface area (Å²) >= 11 is 1.41. The van der Waals surface area contributed by atoms with Gasteiger partial charge >= 0.3 is 0 Å². The fourth-order valence-electron chi connectivity index (χ4n) is 2.65. The number of para-hydroxylation sites is 2. The van der Waals surface area contributed by atoms with E-state index >= 15 is 0 Å². The third-order valence-electron chi connectivity index (χ3n) is 4.05. The van der Waals surface area contributed by atoms with Gasteiger partial charge in [-0.05, 0) is 24.3 Å². The van der Waals surface area contributed by atoms with Crippen molar-refractivity contribution in [1.29, 1.82) is 0 Å². The zero-order chi connectivity index (χ0) is 17.9. The fourth-order valence-corrected chi connectivity index (χ4v) is 3.45. The van der Waals surface area contributed by atoms with Gasteiger partial charge in [0, 0.05) is 18.6 Å². The molecule has 1 unspecified atom stereocenters. The van der Waals surface area contributed by atoms with E-state index < -0.39 is 0 Å². The zero-order valence-electron chi connectivity index (χ0n) is 14.2. The normalized spacial score (nSPS) is 15.5. The number of fused-ring (bicyclic) bond motifs is 1. The van der Waals surface area contributed by atoms with E-state index in [4.69, 9.17) is 9.47 Å². The number of hydrogen-bond donors (Lipinski definition) is 0. The molecule has 1 aliphatic heterocycles. The lowest BCUT2D eigenvalue weighted by Gasteiger charge is -2.27. The first-order valence-corrected chi connectivity index (χ1v) is 9.10. The molecule has 0 spiro atoms. The van der Waals surface area contributed by atoms with Gasteiger partial charge in [0.2, 0.25) is 5.91 Å². The van der Waals surface area contributed by atoms with Crippen LogP contribution in [-0.2, 0) is 4.79 Å². The molecule has 26 heavy (non-hydrogen) atoms. The number of pyridine rings is 1. The number of nitrogens with zero attached hydrogens (tertiary/aromatic N) is 3. The van der Waals surface area contributed by atoms with Crippen LogP contribution in [0.4, 0.5) is 5.13 Å². The van der Waals surface area contributed by atoms with Crippen LogP contribution in [0.15, 0.2) is 54.0 Å². The smallest absolute Gasteiger partial charge is 0.232 e. The topological polar surface area (TPSA) is 64.6 Å². The molecule has 0 aliphatic carbocycles. The number of anilines is 1. The summed E-state index contributed by atoms with van der Waals surface area (Å²) in [7, 11) is 1.72. The van der Waals surface area contributed by atoms with Gasteiger partial charge in [0.05, 0.1) is 12.1 Å². The summed E-state index contributed by atoms with van der Waals surface area (Å²) in [6.07, 6.45) is 1.64. The Labute approximate surface area is 155 Å². The van der Waals surface area contributed by atoms with Gasteiger partial charge in [-0.1, -0.05) is 18.2 Å². The SMILES string of the molecule is CN(C(=O)CC1COc2ccccc2O1)c1nc(-c2ccccn2)cs1. The molecule has 1 aliphatic rings. The van der Waals surface area contributed by atoms with E-state index in [-0.39, 0.29) is 18.4 Å². The summed E-state index contributed by atoms with van der Waals surface area (Å²) in [6.45, 7) is 0.355. The van der Waals surface area contributed by atoms with Gasteiger partial charge in [-0.15, -0.1) is 11.3 Å². The summed E-state index contributed by atoms with van der Waals surface area (Å²) < 4.78 is 11.5. The number of carbonyl (C=O) groups is 1. The van der Waals surface area contributed by atoms with Crippen molar-refractivity contribution in [2.45, 2.75) is 12.5 Å². The summed E-state index contributed by atoms with van der Waals surface area (Å²) in [4.78, 5) is 23.0. The van der Waals surface area contributed by atoms with Gasteiger partial charge in [0.15, 0.2) is 16.6 Å². The summed E-state index contributed by atoms with van der Waals surface area (Å²) in [5.41, 5.74) is 1.55. The minimum atomic E-state index is -0.310. The molecule has 4 rings (SSSR count). The average Bonchev–Trinajstić information content (AvgIpc) is 3.18. The van der Waals surface area contributed by atoms with E-state index in [1.54, 1.807) is 18.1 Å². The fraction of sp³-hybridized carbons (Fsp3) is 0.211. The second-order valence-electron chi connectivity index (χ2n) is 5.88. The van der Waals surface area contributed by atoms with Gasteiger partial charge in [-0.3, -0.25) is 14.7 Å². The van der Waals surface area contributed by atoms with Crippen molar-refractivity contribution in [2.75, 3.05) is 18.6 Å². The lowest BCUT2D eigenvalue weighted by atomic mass is 10.2. The second kappa shape index (κ2) is 7.13. The molecule has 0 bridgehead atoms. The predicted octanol–water partition coefficient (Wildman–Crippen LogP) is 3.40. The second-order valence-corrected chi connectivity index (χ2v) is 6.72. The Balaban J connectivity index is 1.42. The van der Waals surface area contributed by atoms with E-state index in [1.165, 1.54) is 11.3 Å². The molecule has 1 amide bonds. The third-order valence-corrected chi connectivity index (χ3v) is 4.97. The van der Waals surface area contributed by atoms with E-state index in [0.717, 1.165) is 11.4 Å². The molecule has 1 atom stereocenters. The Morgan fingerprint density at radius 1 is 1.19 bits per heavy atom. The van der Waals surface area contributed by atoms with Crippen molar-refractivity contribution in [2.24, 2.45) is 0 Å². The number of ether oxygens (including phenoxy) is 2. The Morgan fingerprint density at radius 2 is 2.00 bits per heavy atom. The standard InChI is InChI=1S/C19H17N3O3S/c1-22(19-21-15(12-26-19)14-6-4-5-9-20-14)18(23)10-13-11-24-16-7-2-3-8-17(16)25-13/h2-9,12-13H,10-11H2,1H3. The average molecular weight is 367 g/mol. The number of hydrogen-bond acceptors (Lipinski definition) is 6. The largest absolute Gasteiger partial charge is 0.486 e. The van der Waals surface area contributed by atoms with Crippen LogP contribution in [0.25, 0.3) is 11.4 Å². The highest BCUT2D eigenvalue weighted by atomic mass is 32.1. The molecule has 0 saturated heterocycles. The van der Waals surface area contributed by atoms with Crippen LogP contribution in [0.5, 0.6) is 11.5 Å². The highest BCUT2D eigenvalue weighted by Crippen LogP contribution is 2.32. The monoisotopic (exact) mass is 367 g/mol. The first kappa shape index (κ1) is 16.5. The molecule has 0 radical (unpaired) electrons. The number of benzene rings is 1. The molecule has 7 heteroatoms. The van der Waals surface area contributed by atoms with E-state index in [2.05, 4.69) is 9.97 Å². The van der Waals surface area contributed by atoms with Crippen molar-refractivity contribution in [3.63, 3.8) is 0 Å². The lowest BCUT2D eigenvalue weighted by molar-refractivity contribution is -0.120. The van der Waals surface area contributed by atoms with Crippen LogP contribution >= 0.6 is 11.3 Å². The van der Waals surface area contributed by atoms with Gasteiger partial charge in [-0.25, -0.2) is 4.98 Å². The first-order valence-electron chi connectivity index (χ1n) is 8.22. The van der Waals surface area contributed by atoms with Gasteiger partial charge in [-0.2, -0.15) is 0 Å². The van der Waals surface area contributed by atoms with Gasteiger partial charge in [0.25, 0.3) is 0 Å². The van der Waals surface area contributed by atoms with Crippen molar-refractivity contribution >= 4 is 22.4 Å². The Bertz CT molecular complexity index is 913. The van der Waals surface area contributed by atoms with Crippen LogP contribution in [0.1, 0.15) is 6.42 Å². The van der Waals surface area contributed by atoms with Crippen LogP contribution < -0.4 is 14.4 Å². The van der Waals surface area contributed by atoms with E-state index in [0.29, 0.717) is 23.2 Å². The highest BCUT2D eigenvalue weighted by Gasteiger charge is 2.26. The molecular weight excluding hydrogens is 350 g/mol. The van der Waals surface area contributed by atoms with Gasteiger partial charge < -0.3 is 9.47 Å². The first-order chi connectivity index (χ1) is 12.7. The molecule has 132 valence electrons. The predicted molar refractivity (Wildman–Crippen MR) is 99.7 cm³/mol. The number of thiazole rings is 1. The molecule has 1 aromatic carbocycles. The quantitative estimate of drug-likeness (QED) is 0.707.